The Labute approximate surface area is 99.6 Å². The molecule has 3 rings (SSSR count). The highest BCUT2D eigenvalue weighted by atomic mass is 16.3. The van der Waals surface area contributed by atoms with Gasteiger partial charge in [0.25, 0.3) is 0 Å². The van der Waals surface area contributed by atoms with Gasteiger partial charge in [0.15, 0.2) is 0 Å². The number of phenolic OH excluding ortho intramolecular Hbond substituents is 1. The van der Waals surface area contributed by atoms with Gasteiger partial charge in [-0.15, -0.1) is 0 Å². The predicted molar refractivity (Wildman–Crippen MR) is 73.2 cm³/mol. The minimum atomic E-state index is 0.349. The maximum Gasteiger partial charge on any atom is 0.131 e. The van der Waals surface area contributed by atoms with E-state index >= 15 is 0 Å². The van der Waals surface area contributed by atoms with Crippen LogP contribution in [-0.2, 0) is 0 Å². The second kappa shape index (κ2) is 3.63. The molecule has 0 aliphatic rings. The number of fused-ring (bicyclic) bond motifs is 2. The van der Waals surface area contributed by atoms with Gasteiger partial charge in [-0.3, -0.25) is 0 Å². The Morgan fingerprint density at radius 3 is 1.59 bits per heavy atom. The van der Waals surface area contributed by atoms with E-state index in [9.17, 15) is 5.11 Å². The van der Waals surface area contributed by atoms with Crippen molar-refractivity contribution in [2.75, 3.05) is 0 Å². The van der Waals surface area contributed by atoms with Gasteiger partial charge < -0.3 is 5.11 Å². The number of hydrogen-bond donors (Lipinski definition) is 1. The first-order valence-electron chi connectivity index (χ1n) is 5.58. The summed E-state index contributed by atoms with van der Waals surface area (Å²) in [6.07, 6.45) is 1.85. The molecule has 0 bridgehead atoms. The van der Waals surface area contributed by atoms with Crippen LogP contribution in [0.5, 0.6) is 5.75 Å². The lowest BCUT2D eigenvalue weighted by atomic mass is 9.96. The van der Waals surface area contributed by atoms with Crippen molar-refractivity contribution in [3.63, 3.8) is 0 Å². The van der Waals surface area contributed by atoms with Crippen LogP contribution in [0.3, 0.4) is 0 Å². The largest absolute Gasteiger partial charge is 0.507 e. The fourth-order valence-corrected chi connectivity index (χ4v) is 2.36. The molecule has 0 heterocycles. The summed E-state index contributed by atoms with van der Waals surface area (Å²) in [6, 6.07) is 15.7. The molecule has 0 saturated carbocycles. The van der Waals surface area contributed by atoms with E-state index in [1.807, 2.05) is 54.6 Å². The smallest absolute Gasteiger partial charge is 0.131 e. The molecule has 0 fully saturated rings. The SMILES string of the molecule is C=Cc1c2ccccc2c(O)c2ccccc12. The summed E-state index contributed by atoms with van der Waals surface area (Å²) in [5.74, 6) is 0.349. The maximum atomic E-state index is 10.3. The summed E-state index contributed by atoms with van der Waals surface area (Å²) in [7, 11) is 0. The van der Waals surface area contributed by atoms with E-state index in [1.54, 1.807) is 0 Å². The van der Waals surface area contributed by atoms with Crippen LogP contribution in [0.4, 0.5) is 0 Å². The molecule has 0 unspecified atom stereocenters. The molecule has 17 heavy (non-hydrogen) atoms. The molecule has 0 aliphatic carbocycles. The molecule has 0 saturated heterocycles. The Kier molecular flexibility index (Phi) is 2.12. The first kappa shape index (κ1) is 9.91. The van der Waals surface area contributed by atoms with Gasteiger partial charge in [0.1, 0.15) is 5.75 Å². The van der Waals surface area contributed by atoms with Crippen molar-refractivity contribution < 1.29 is 5.11 Å². The molecule has 0 radical (unpaired) electrons. The molecule has 0 amide bonds. The van der Waals surface area contributed by atoms with Gasteiger partial charge in [-0.2, -0.15) is 0 Å². The molecule has 3 aromatic carbocycles. The summed E-state index contributed by atoms with van der Waals surface area (Å²) in [5, 5.41) is 14.1. The van der Waals surface area contributed by atoms with Crippen LogP contribution in [0.15, 0.2) is 55.1 Å². The third-order valence-corrected chi connectivity index (χ3v) is 3.15. The zero-order valence-electron chi connectivity index (χ0n) is 9.35. The molecule has 1 N–H and O–H groups in total. The second-order valence-corrected chi connectivity index (χ2v) is 4.06. The van der Waals surface area contributed by atoms with E-state index in [2.05, 4.69) is 6.58 Å². The van der Waals surface area contributed by atoms with E-state index in [-0.39, 0.29) is 0 Å². The predicted octanol–water partition coefficient (Wildman–Crippen LogP) is 4.34. The molecule has 82 valence electrons. The molecular formula is C16H12O. The van der Waals surface area contributed by atoms with Crippen molar-refractivity contribution in [3.05, 3.63) is 60.7 Å². The third-order valence-electron chi connectivity index (χ3n) is 3.15. The molecule has 0 atom stereocenters. The highest BCUT2D eigenvalue weighted by molar-refractivity contribution is 6.11. The highest BCUT2D eigenvalue weighted by Gasteiger charge is 2.09. The topological polar surface area (TPSA) is 20.2 Å². The van der Waals surface area contributed by atoms with Crippen molar-refractivity contribution in [3.8, 4) is 5.75 Å². The number of phenols is 1. The van der Waals surface area contributed by atoms with Crippen LogP contribution in [0.2, 0.25) is 0 Å². The van der Waals surface area contributed by atoms with Crippen molar-refractivity contribution in [1.82, 2.24) is 0 Å². The molecule has 1 heteroatoms. The molecule has 1 nitrogen and oxygen atoms in total. The van der Waals surface area contributed by atoms with Crippen LogP contribution in [0, 0.1) is 0 Å². The highest BCUT2D eigenvalue weighted by Crippen LogP contribution is 2.37. The van der Waals surface area contributed by atoms with Gasteiger partial charge in [-0.1, -0.05) is 61.2 Å². The van der Waals surface area contributed by atoms with Crippen molar-refractivity contribution in [2.45, 2.75) is 0 Å². The Bertz CT molecular complexity index is 669. The van der Waals surface area contributed by atoms with Crippen molar-refractivity contribution in [2.24, 2.45) is 0 Å². The summed E-state index contributed by atoms with van der Waals surface area (Å²) in [6.45, 7) is 3.88. The van der Waals surface area contributed by atoms with Gasteiger partial charge in [-0.25, -0.2) is 0 Å². The minimum absolute atomic E-state index is 0.349. The normalized spacial score (nSPS) is 10.8. The zero-order valence-corrected chi connectivity index (χ0v) is 9.35. The first-order valence-corrected chi connectivity index (χ1v) is 5.58. The maximum absolute atomic E-state index is 10.3. The van der Waals surface area contributed by atoms with Crippen LogP contribution >= 0.6 is 0 Å². The molecule has 3 aromatic rings. The van der Waals surface area contributed by atoms with E-state index < -0.39 is 0 Å². The third kappa shape index (κ3) is 1.32. The zero-order chi connectivity index (χ0) is 11.8. The molecule has 0 aromatic heterocycles. The van der Waals surface area contributed by atoms with Gasteiger partial charge in [0.2, 0.25) is 0 Å². The molecular weight excluding hydrogens is 208 g/mol. The summed E-state index contributed by atoms with van der Waals surface area (Å²) in [4.78, 5) is 0. The standard InChI is InChI=1S/C16H12O/c1-2-11-12-7-3-5-9-14(12)16(17)15-10-6-4-8-13(11)15/h2-10,17H,1H2. The first-order chi connectivity index (χ1) is 8.33. The van der Waals surface area contributed by atoms with Crippen LogP contribution in [0.25, 0.3) is 27.6 Å². The molecule has 0 spiro atoms. The van der Waals surface area contributed by atoms with Crippen LogP contribution in [0.1, 0.15) is 5.56 Å². The summed E-state index contributed by atoms with van der Waals surface area (Å²) in [5.41, 5.74) is 1.08. The van der Waals surface area contributed by atoms with Gasteiger partial charge in [0.05, 0.1) is 0 Å². The van der Waals surface area contributed by atoms with E-state index in [0.717, 1.165) is 27.1 Å². The summed E-state index contributed by atoms with van der Waals surface area (Å²) < 4.78 is 0. The Balaban J connectivity index is 2.68. The number of rotatable bonds is 1. The lowest BCUT2D eigenvalue weighted by Crippen LogP contribution is -1.84. The minimum Gasteiger partial charge on any atom is -0.507 e. The van der Waals surface area contributed by atoms with Gasteiger partial charge in [0, 0.05) is 10.8 Å². The van der Waals surface area contributed by atoms with Gasteiger partial charge >= 0.3 is 0 Å². The number of aromatic hydroxyl groups is 1. The van der Waals surface area contributed by atoms with Gasteiger partial charge in [-0.05, 0) is 16.3 Å². The Morgan fingerprint density at radius 1 is 0.765 bits per heavy atom. The summed E-state index contributed by atoms with van der Waals surface area (Å²) >= 11 is 0. The van der Waals surface area contributed by atoms with Crippen LogP contribution in [-0.4, -0.2) is 5.11 Å². The fraction of sp³-hybridized carbons (Fsp3) is 0. The van der Waals surface area contributed by atoms with Crippen molar-refractivity contribution >= 4 is 27.6 Å². The van der Waals surface area contributed by atoms with Crippen LogP contribution < -0.4 is 0 Å². The second-order valence-electron chi connectivity index (χ2n) is 4.06. The lowest BCUT2D eigenvalue weighted by molar-refractivity contribution is 0.488. The van der Waals surface area contributed by atoms with E-state index in [1.165, 1.54) is 0 Å². The van der Waals surface area contributed by atoms with Crippen molar-refractivity contribution in [1.29, 1.82) is 0 Å². The van der Waals surface area contributed by atoms with E-state index in [0.29, 0.717) is 5.75 Å². The fourth-order valence-electron chi connectivity index (χ4n) is 2.36. The Morgan fingerprint density at radius 2 is 1.18 bits per heavy atom. The average Bonchev–Trinajstić information content (AvgIpc) is 2.40. The average molecular weight is 220 g/mol. The molecule has 0 aliphatic heterocycles. The Hall–Kier alpha value is -2.28. The van der Waals surface area contributed by atoms with E-state index in [4.69, 9.17) is 0 Å². The lowest BCUT2D eigenvalue weighted by Gasteiger charge is -2.10. The number of benzene rings is 3. The monoisotopic (exact) mass is 220 g/mol. The number of hydrogen-bond acceptors (Lipinski definition) is 1. The quantitative estimate of drug-likeness (QED) is 0.605.